The van der Waals surface area contributed by atoms with E-state index in [-0.39, 0.29) is 5.91 Å². The van der Waals surface area contributed by atoms with Crippen molar-refractivity contribution >= 4 is 11.6 Å². The zero-order valence-corrected chi connectivity index (χ0v) is 15.9. The first-order chi connectivity index (χ1) is 13.2. The highest BCUT2D eigenvalue weighted by Gasteiger charge is 2.53. The van der Waals surface area contributed by atoms with Gasteiger partial charge < -0.3 is 15.3 Å². The quantitative estimate of drug-likeness (QED) is 0.853. The number of para-hydroxylation sites is 1. The van der Waals surface area contributed by atoms with Crippen molar-refractivity contribution in [3.63, 3.8) is 0 Å². The van der Waals surface area contributed by atoms with Gasteiger partial charge in [0.1, 0.15) is 0 Å². The first-order valence-electron chi connectivity index (χ1n) is 10.00. The molecule has 142 valence electrons. The number of hydrogen-bond donors (Lipinski definition) is 2. The van der Waals surface area contributed by atoms with Gasteiger partial charge in [0.25, 0.3) is 0 Å². The van der Waals surface area contributed by atoms with E-state index >= 15 is 0 Å². The number of aliphatic hydroxyl groups is 1. The summed E-state index contributed by atoms with van der Waals surface area (Å²) in [5.74, 6) is 0.160. The van der Waals surface area contributed by atoms with Gasteiger partial charge in [-0.15, -0.1) is 0 Å². The summed E-state index contributed by atoms with van der Waals surface area (Å²) in [6.45, 7) is 0.429. The molecule has 1 amide bonds. The van der Waals surface area contributed by atoms with Crippen molar-refractivity contribution in [3.05, 3.63) is 65.7 Å². The maximum atomic E-state index is 13.9. The molecule has 1 heterocycles. The first kappa shape index (κ1) is 18.2. The SMILES string of the molecule is CNCC(O)[C@H](c1ccccc1)N1C(=O)C2(CCCCC2)c2ccccc21. The molecule has 0 saturated heterocycles. The van der Waals surface area contributed by atoms with Gasteiger partial charge in [-0.1, -0.05) is 67.8 Å². The molecule has 0 aromatic heterocycles. The molecule has 1 saturated carbocycles. The molecule has 1 aliphatic carbocycles. The van der Waals surface area contributed by atoms with E-state index in [1.54, 1.807) is 0 Å². The summed E-state index contributed by atoms with van der Waals surface area (Å²) in [6.07, 6.45) is 4.49. The van der Waals surface area contributed by atoms with Crippen molar-refractivity contribution in [2.45, 2.75) is 49.7 Å². The molecule has 4 rings (SSSR count). The molecule has 2 atom stereocenters. The lowest BCUT2D eigenvalue weighted by Crippen LogP contribution is -2.47. The van der Waals surface area contributed by atoms with Crippen molar-refractivity contribution in [1.29, 1.82) is 0 Å². The maximum Gasteiger partial charge on any atom is 0.238 e. The number of hydrogen-bond acceptors (Lipinski definition) is 3. The fourth-order valence-corrected chi connectivity index (χ4v) is 4.97. The van der Waals surface area contributed by atoms with Gasteiger partial charge in [0.15, 0.2) is 0 Å². The molecule has 1 spiro atoms. The molecule has 0 radical (unpaired) electrons. The highest BCUT2D eigenvalue weighted by Crippen LogP contribution is 2.52. The molecular formula is C23H28N2O2. The number of likely N-dealkylation sites (N-methyl/N-ethyl adjacent to an activating group) is 1. The summed E-state index contributed by atoms with van der Waals surface area (Å²) < 4.78 is 0. The number of carbonyl (C=O) groups excluding carboxylic acids is 1. The van der Waals surface area contributed by atoms with E-state index in [4.69, 9.17) is 0 Å². The Morgan fingerprint density at radius 1 is 1.04 bits per heavy atom. The Balaban J connectivity index is 1.84. The lowest BCUT2D eigenvalue weighted by molar-refractivity contribution is -0.125. The average molecular weight is 364 g/mol. The fourth-order valence-electron chi connectivity index (χ4n) is 4.97. The van der Waals surface area contributed by atoms with Crippen molar-refractivity contribution in [2.24, 2.45) is 0 Å². The molecule has 2 aromatic rings. The third-order valence-corrected chi connectivity index (χ3v) is 6.21. The lowest BCUT2D eigenvalue weighted by atomic mass is 9.70. The zero-order valence-electron chi connectivity index (χ0n) is 15.9. The van der Waals surface area contributed by atoms with Crippen LogP contribution >= 0.6 is 0 Å². The first-order valence-corrected chi connectivity index (χ1v) is 10.00. The minimum Gasteiger partial charge on any atom is -0.389 e. The number of anilines is 1. The summed E-state index contributed by atoms with van der Waals surface area (Å²) >= 11 is 0. The van der Waals surface area contributed by atoms with Crippen molar-refractivity contribution in [1.82, 2.24) is 5.32 Å². The van der Waals surface area contributed by atoms with E-state index in [1.165, 1.54) is 6.42 Å². The smallest absolute Gasteiger partial charge is 0.238 e. The molecule has 1 fully saturated rings. The standard InChI is InChI=1S/C23H28N2O2/c1-24-16-20(26)21(17-10-4-2-5-11-17)25-19-13-7-6-12-18(19)23(22(25)27)14-8-3-9-15-23/h2,4-7,10-13,20-21,24,26H,3,8-9,14-16H2,1H3/t20?,21-/m0/s1. The number of amides is 1. The summed E-state index contributed by atoms with van der Waals surface area (Å²) in [7, 11) is 1.83. The number of aliphatic hydroxyl groups excluding tert-OH is 1. The van der Waals surface area contributed by atoms with Crippen LogP contribution in [0.15, 0.2) is 54.6 Å². The Kier molecular flexibility index (Phi) is 5.02. The van der Waals surface area contributed by atoms with Crippen molar-refractivity contribution in [2.75, 3.05) is 18.5 Å². The maximum absolute atomic E-state index is 13.9. The van der Waals surface area contributed by atoms with Crippen LogP contribution in [-0.4, -0.2) is 30.7 Å². The monoisotopic (exact) mass is 364 g/mol. The van der Waals surface area contributed by atoms with Gasteiger partial charge in [0.05, 0.1) is 17.6 Å². The van der Waals surface area contributed by atoms with E-state index in [2.05, 4.69) is 11.4 Å². The minimum absolute atomic E-state index is 0.160. The van der Waals surface area contributed by atoms with Gasteiger partial charge in [-0.2, -0.15) is 0 Å². The number of nitrogens with zero attached hydrogens (tertiary/aromatic N) is 1. The van der Waals surface area contributed by atoms with Crippen LogP contribution in [0.5, 0.6) is 0 Å². The van der Waals surface area contributed by atoms with Gasteiger partial charge in [0.2, 0.25) is 5.91 Å². The third-order valence-electron chi connectivity index (χ3n) is 6.21. The molecule has 27 heavy (non-hydrogen) atoms. The molecule has 2 aromatic carbocycles. The largest absolute Gasteiger partial charge is 0.389 e. The Morgan fingerprint density at radius 2 is 1.70 bits per heavy atom. The Morgan fingerprint density at radius 3 is 2.41 bits per heavy atom. The molecule has 1 unspecified atom stereocenters. The summed E-state index contributed by atoms with van der Waals surface area (Å²) in [4.78, 5) is 15.7. The third kappa shape index (κ3) is 2.97. The van der Waals surface area contributed by atoms with Crippen LogP contribution in [0.2, 0.25) is 0 Å². The molecule has 4 nitrogen and oxygen atoms in total. The van der Waals surface area contributed by atoms with Crippen LogP contribution in [0.1, 0.15) is 49.3 Å². The number of nitrogens with one attached hydrogen (secondary N) is 1. The minimum atomic E-state index is -0.687. The van der Waals surface area contributed by atoms with Gasteiger partial charge in [-0.25, -0.2) is 0 Å². The molecule has 1 aliphatic heterocycles. The van der Waals surface area contributed by atoms with Gasteiger partial charge >= 0.3 is 0 Å². The highest BCUT2D eigenvalue weighted by atomic mass is 16.3. The molecule has 2 aliphatic rings. The Labute approximate surface area is 161 Å². The average Bonchev–Trinajstić information content (AvgIpc) is 2.93. The lowest BCUT2D eigenvalue weighted by Gasteiger charge is -2.36. The fraction of sp³-hybridized carbons (Fsp3) is 0.435. The van der Waals surface area contributed by atoms with E-state index in [0.717, 1.165) is 42.5 Å². The summed E-state index contributed by atoms with van der Waals surface area (Å²) in [6, 6.07) is 17.7. The normalized spacial score (nSPS) is 20.5. The van der Waals surface area contributed by atoms with Gasteiger partial charge in [-0.05, 0) is 37.1 Å². The Bertz CT molecular complexity index is 799. The van der Waals surface area contributed by atoms with E-state index < -0.39 is 17.6 Å². The van der Waals surface area contributed by atoms with Crippen LogP contribution in [0.25, 0.3) is 0 Å². The summed E-state index contributed by atoms with van der Waals surface area (Å²) in [5.41, 5.74) is 2.67. The van der Waals surface area contributed by atoms with Gasteiger partial charge in [-0.3, -0.25) is 4.79 Å². The predicted molar refractivity (Wildman–Crippen MR) is 108 cm³/mol. The summed E-state index contributed by atoms with van der Waals surface area (Å²) in [5, 5.41) is 14.1. The number of benzene rings is 2. The highest BCUT2D eigenvalue weighted by molar-refractivity contribution is 6.08. The van der Waals surface area contributed by atoms with Crippen LogP contribution in [-0.2, 0) is 10.2 Å². The number of rotatable bonds is 5. The zero-order chi connectivity index (χ0) is 18.9. The van der Waals surface area contributed by atoms with E-state index in [9.17, 15) is 9.90 Å². The van der Waals surface area contributed by atoms with Crippen LogP contribution < -0.4 is 10.2 Å². The topological polar surface area (TPSA) is 52.6 Å². The molecular weight excluding hydrogens is 336 g/mol. The second-order valence-electron chi connectivity index (χ2n) is 7.82. The number of carbonyl (C=O) groups is 1. The van der Waals surface area contributed by atoms with Gasteiger partial charge in [0, 0.05) is 12.2 Å². The second-order valence-corrected chi connectivity index (χ2v) is 7.82. The molecule has 0 bridgehead atoms. The number of fused-ring (bicyclic) bond motifs is 2. The van der Waals surface area contributed by atoms with Crippen LogP contribution in [0, 0.1) is 0 Å². The predicted octanol–water partition coefficient (Wildman–Crippen LogP) is 3.56. The molecule has 4 heteroatoms. The Hall–Kier alpha value is -2.17. The molecule has 2 N–H and O–H groups in total. The van der Waals surface area contributed by atoms with E-state index in [1.807, 2.05) is 60.5 Å². The van der Waals surface area contributed by atoms with E-state index in [0.29, 0.717) is 6.54 Å². The van der Waals surface area contributed by atoms with Crippen LogP contribution in [0.4, 0.5) is 5.69 Å². The van der Waals surface area contributed by atoms with Crippen molar-refractivity contribution in [3.8, 4) is 0 Å². The second kappa shape index (κ2) is 7.45. The van der Waals surface area contributed by atoms with Crippen LogP contribution in [0.3, 0.4) is 0 Å². The van der Waals surface area contributed by atoms with Crippen molar-refractivity contribution < 1.29 is 9.90 Å².